The van der Waals surface area contributed by atoms with E-state index in [4.69, 9.17) is 5.11 Å². The van der Waals surface area contributed by atoms with E-state index in [1.165, 1.54) is 0 Å². The number of carboxylic acid groups (broad SMARTS) is 1. The van der Waals surface area contributed by atoms with Gasteiger partial charge < -0.3 is 5.11 Å². The van der Waals surface area contributed by atoms with Crippen LogP contribution in [0, 0.1) is 5.92 Å². The maximum Gasteiger partial charge on any atom is 0.331 e. The van der Waals surface area contributed by atoms with Gasteiger partial charge in [-0.15, -0.1) is 6.58 Å². The molecule has 0 aliphatic heterocycles. The first kappa shape index (κ1) is 11.9. The Kier molecular flexibility index (Phi) is 4.46. The minimum Gasteiger partial charge on any atom is -0.478 e. The summed E-state index contributed by atoms with van der Waals surface area (Å²) in [4.78, 5) is 10.7. The fourth-order valence-corrected chi connectivity index (χ4v) is 1.21. The van der Waals surface area contributed by atoms with Gasteiger partial charge in [0.2, 0.25) is 0 Å². The Bertz CT molecular complexity index is 249. The molecule has 0 amide bonds. The van der Waals surface area contributed by atoms with E-state index in [-0.39, 0.29) is 5.92 Å². The summed E-state index contributed by atoms with van der Waals surface area (Å²) in [5, 5.41) is 8.76. The summed E-state index contributed by atoms with van der Waals surface area (Å²) in [6.45, 7) is 11.3. The van der Waals surface area contributed by atoms with Crippen LogP contribution in [0.3, 0.4) is 0 Å². The van der Waals surface area contributed by atoms with E-state index >= 15 is 0 Å². The molecule has 0 aromatic heterocycles. The van der Waals surface area contributed by atoms with E-state index in [9.17, 15) is 4.79 Å². The van der Waals surface area contributed by atoms with Gasteiger partial charge in [0.25, 0.3) is 0 Å². The van der Waals surface area contributed by atoms with Gasteiger partial charge in [-0.1, -0.05) is 18.1 Å². The molecule has 74 valence electrons. The Morgan fingerprint density at radius 1 is 1.38 bits per heavy atom. The van der Waals surface area contributed by atoms with Crippen molar-refractivity contribution < 1.29 is 9.90 Å². The first-order valence-electron chi connectivity index (χ1n) is 4.41. The van der Waals surface area contributed by atoms with Crippen molar-refractivity contribution in [2.75, 3.05) is 0 Å². The van der Waals surface area contributed by atoms with E-state index in [1.807, 2.05) is 20.8 Å². The van der Waals surface area contributed by atoms with Crippen LogP contribution in [0.4, 0.5) is 0 Å². The van der Waals surface area contributed by atoms with Gasteiger partial charge in [-0.05, 0) is 33.1 Å². The number of hydrogen-bond donors (Lipinski definition) is 1. The third-order valence-electron chi connectivity index (χ3n) is 2.31. The maximum absolute atomic E-state index is 10.7. The second kappa shape index (κ2) is 4.85. The number of allylic oxidation sites excluding steroid dienone is 2. The molecule has 0 fully saturated rings. The minimum atomic E-state index is -0.828. The van der Waals surface area contributed by atoms with E-state index in [1.54, 1.807) is 6.92 Å². The average Bonchev–Trinajstić information content (AvgIpc) is 2.00. The number of aliphatic carboxylic acids is 1. The van der Waals surface area contributed by atoms with Gasteiger partial charge in [-0.3, -0.25) is 0 Å². The standard InChI is InChI=1S/C11H18O2/c1-7(2)6-8(3)9(4)10(5)11(12)13/h8H,1,6H2,2-5H3,(H,12,13)/b10-9-. The zero-order chi connectivity index (χ0) is 10.6. The molecular weight excluding hydrogens is 164 g/mol. The molecule has 2 heteroatoms. The number of rotatable bonds is 4. The highest BCUT2D eigenvalue weighted by atomic mass is 16.4. The van der Waals surface area contributed by atoms with E-state index < -0.39 is 5.97 Å². The highest BCUT2D eigenvalue weighted by Gasteiger charge is 2.11. The third kappa shape index (κ3) is 3.92. The Labute approximate surface area is 80.0 Å². The lowest BCUT2D eigenvalue weighted by Gasteiger charge is -2.13. The summed E-state index contributed by atoms with van der Waals surface area (Å²) in [5.41, 5.74) is 2.48. The molecule has 0 spiro atoms. The van der Waals surface area contributed by atoms with Gasteiger partial charge in [0.15, 0.2) is 0 Å². The lowest BCUT2D eigenvalue weighted by Crippen LogP contribution is -2.06. The van der Waals surface area contributed by atoms with Gasteiger partial charge in [-0.2, -0.15) is 0 Å². The van der Waals surface area contributed by atoms with Crippen molar-refractivity contribution >= 4 is 5.97 Å². The Morgan fingerprint density at radius 2 is 1.85 bits per heavy atom. The van der Waals surface area contributed by atoms with Gasteiger partial charge in [-0.25, -0.2) is 4.79 Å². The summed E-state index contributed by atoms with van der Waals surface area (Å²) < 4.78 is 0. The molecule has 13 heavy (non-hydrogen) atoms. The quantitative estimate of drug-likeness (QED) is 0.536. The van der Waals surface area contributed by atoms with Crippen LogP contribution in [-0.2, 0) is 4.79 Å². The largest absolute Gasteiger partial charge is 0.478 e. The van der Waals surface area contributed by atoms with Crippen LogP contribution >= 0.6 is 0 Å². The summed E-state index contributed by atoms with van der Waals surface area (Å²) in [6, 6.07) is 0. The van der Waals surface area contributed by atoms with Crippen molar-refractivity contribution in [2.45, 2.75) is 34.1 Å². The molecule has 1 unspecified atom stereocenters. The van der Waals surface area contributed by atoms with Crippen molar-refractivity contribution in [1.82, 2.24) is 0 Å². The van der Waals surface area contributed by atoms with Crippen molar-refractivity contribution in [2.24, 2.45) is 5.92 Å². The Balaban J connectivity index is 4.57. The lowest BCUT2D eigenvalue weighted by molar-refractivity contribution is -0.132. The molecule has 0 saturated carbocycles. The Morgan fingerprint density at radius 3 is 2.15 bits per heavy atom. The molecule has 0 aromatic rings. The first-order chi connectivity index (χ1) is 5.86. The maximum atomic E-state index is 10.7. The van der Waals surface area contributed by atoms with Gasteiger partial charge >= 0.3 is 5.97 Å². The van der Waals surface area contributed by atoms with Crippen molar-refractivity contribution in [1.29, 1.82) is 0 Å². The van der Waals surface area contributed by atoms with E-state index in [0.29, 0.717) is 5.57 Å². The normalized spacial score (nSPS) is 14.8. The smallest absolute Gasteiger partial charge is 0.331 e. The van der Waals surface area contributed by atoms with Crippen LogP contribution < -0.4 is 0 Å². The van der Waals surface area contributed by atoms with Crippen LogP contribution in [0.2, 0.25) is 0 Å². The highest BCUT2D eigenvalue weighted by Crippen LogP contribution is 2.21. The predicted molar refractivity (Wildman–Crippen MR) is 54.6 cm³/mol. The summed E-state index contributed by atoms with van der Waals surface area (Å²) in [7, 11) is 0. The van der Waals surface area contributed by atoms with Crippen LogP contribution in [0.15, 0.2) is 23.3 Å². The molecule has 0 saturated heterocycles. The molecular formula is C11H18O2. The highest BCUT2D eigenvalue weighted by molar-refractivity contribution is 5.86. The molecule has 0 rings (SSSR count). The molecule has 0 aliphatic rings. The molecule has 1 N–H and O–H groups in total. The second-order valence-corrected chi connectivity index (χ2v) is 3.68. The van der Waals surface area contributed by atoms with Gasteiger partial charge in [0.05, 0.1) is 0 Å². The fourth-order valence-electron chi connectivity index (χ4n) is 1.21. The summed E-state index contributed by atoms with van der Waals surface area (Å²) >= 11 is 0. The zero-order valence-electron chi connectivity index (χ0n) is 8.85. The minimum absolute atomic E-state index is 0.272. The Hall–Kier alpha value is -1.05. The topological polar surface area (TPSA) is 37.3 Å². The average molecular weight is 182 g/mol. The van der Waals surface area contributed by atoms with Crippen molar-refractivity contribution in [3.8, 4) is 0 Å². The van der Waals surface area contributed by atoms with Crippen LogP contribution in [0.1, 0.15) is 34.1 Å². The molecule has 0 bridgehead atoms. The van der Waals surface area contributed by atoms with Gasteiger partial charge in [0, 0.05) is 5.57 Å². The van der Waals surface area contributed by atoms with Crippen LogP contribution in [0.5, 0.6) is 0 Å². The molecule has 0 heterocycles. The third-order valence-corrected chi connectivity index (χ3v) is 2.31. The molecule has 0 aromatic carbocycles. The number of carbonyl (C=O) groups is 1. The van der Waals surface area contributed by atoms with Crippen molar-refractivity contribution in [3.05, 3.63) is 23.3 Å². The van der Waals surface area contributed by atoms with Crippen LogP contribution in [-0.4, -0.2) is 11.1 Å². The predicted octanol–water partition coefficient (Wildman–Crippen LogP) is 3.01. The lowest BCUT2D eigenvalue weighted by atomic mass is 9.92. The van der Waals surface area contributed by atoms with Crippen molar-refractivity contribution in [3.63, 3.8) is 0 Å². The molecule has 2 nitrogen and oxygen atoms in total. The van der Waals surface area contributed by atoms with E-state index in [0.717, 1.165) is 17.6 Å². The second-order valence-electron chi connectivity index (χ2n) is 3.68. The number of hydrogen-bond acceptors (Lipinski definition) is 1. The summed E-state index contributed by atoms with van der Waals surface area (Å²) in [5.74, 6) is -0.556. The zero-order valence-corrected chi connectivity index (χ0v) is 8.85. The number of carboxylic acids is 1. The monoisotopic (exact) mass is 182 g/mol. The van der Waals surface area contributed by atoms with E-state index in [2.05, 4.69) is 6.58 Å². The SMILES string of the molecule is C=C(C)CC(C)/C(C)=C(/C)C(=O)O. The molecule has 0 radical (unpaired) electrons. The van der Waals surface area contributed by atoms with Gasteiger partial charge in [0.1, 0.15) is 0 Å². The molecule has 0 aliphatic carbocycles. The first-order valence-corrected chi connectivity index (χ1v) is 4.41. The van der Waals surface area contributed by atoms with Crippen LogP contribution in [0.25, 0.3) is 0 Å². The summed E-state index contributed by atoms with van der Waals surface area (Å²) in [6.07, 6.45) is 0.858. The fraction of sp³-hybridized carbons (Fsp3) is 0.545. The molecule has 1 atom stereocenters.